The number of nitrogens with zero attached hydrogens (tertiary/aromatic N) is 1. The zero-order valence-corrected chi connectivity index (χ0v) is 8.59. The molecule has 0 saturated carbocycles. The van der Waals surface area contributed by atoms with Crippen LogP contribution in [0.15, 0.2) is 28.4 Å². The Kier molecular flexibility index (Phi) is 4.74. The van der Waals surface area contributed by atoms with Gasteiger partial charge in [-0.25, -0.2) is 0 Å². The van der Waals surface area contributed by atoms with Crippen LogP contribution in [0.2, 0.25) is 0 Å². The van der Waals surface area contributed by atoms with Gasteiger partial charge in [-0.2, -0.15) is 0 Å². The highest BCUT2D eigenvalue weighted by Gasteiger charge is 2.06. The van der Waals surface area contributed by atoms with E-state index in [1.807, 2.05) is 6.21 Å². The second-order valence-corrected chi connectivity index (χ2v) is 3.11. The van der Waals surface area contributed by atoms with Crippen LogP contribution >= 0.6 is 0 Å². The first-order chi connectivity index (χ1) is 6.88. The minimum Gasteiger partial charge on any atom is -0.312 e. The van der Waals surface area contributed by atoms with Crippen molar-refractivity contribution in [3.05, 3.63) is 23.4 Å². The lowest BCUT2D eigenvalue weighted by Gasteiger charge is -2.13. The third-order valence-corrected chi connectivity index (χ3v) is 1.99. The summed E-state index contributed by atoms with van der Waals surface area (Å²) in [6.07, 6.45) is 13.1. The first-order valence-corrected chi connectivity index (χ1v) is 4.97. The molecule has 1 aliphatic heterocycles. The van der Waals surface area contributed by atoms with Gasteiger partial charge in [0.15, 0.2) is 0 Å². The molecule has 0 radical (unpaired) electrons. The summed E-state index contributed by atoms with van der Waals surface area (Å²) in [5.41, 5.74) is 2.13. The lowest BCUT2D eigenvalue weighted by molar-refractivity contribution is 0.705. The zero-order chi connectivity index (χ0) is 10.2. The van der Waals surface area contributed by atoms with E-state index in [2.05, 4.69) is 29.2 Å². The summed E-state index contributed by atoms with van der Waals surface area (Å²) >= 11 is 0. The van der Waals surface area contributed by atoms with Gasteiger partial charge < -0.3 is 5.32 Å². The van der Waals surface area contributed by atoms with Crippen LogP contribution in [-0.2, 0) is 0 Å². The van der Waals surface area contributed by atoms with Crippen molar-refractivity contribution in [3.63, 3.8) is 0 Å². The lowest BCUT2D eigenvalue weighted by atomic mass is 10.1. The van der Waals surface area contributed by atoms with Gasteiger partial charge in [0, 0.05) is 18.8 Å². The Hall–Kier alpha value is -1.33. The van der Waals surface area contributed by atoms with E-state index in [9.17, 15) is 0 Å². The lowest BCUT2D eigenvalue weighted by Crippen LogP contribution is -2.22. The van der Waals surface area contributed by atoms with Crippen LogP contribution in [0.5, 0.6) is 0 Å². The predicted octanol–water partition coefficient (Wildman–Crippen LogP) is 1.90. The minimum absolute atomic E-state index is 0.870. The molecule has 0 aromatic carbocycles. The Morgan fingerprint density at radius 1 is 1.79 bits per heavy atom. The van der Waals surface area contributed by atoms with Gasteiger partial charge in [-0.15, -0.1) is 6.42 Å². The van der Waals surface area contributed by atoms with Crippen molar-refractivity contribution in [2.24, 2.45) is 4.99 Å². The van der Waals surface area contributed by atoms with Crippen molar-refractivity contribution in [1.82, 2.24) is 5.32 Å². The largest absolute Gasteiger partial charge is 0.312 e. The number of aliphatic imine (C=N–C) groups is 1. The molecule has 0 aliphatic carbocycles. The quantitative estimate of drug-likeness (QED) is 0.531. The third-order valence-electron chi connectivity index (χ3n) is 1.99. The van der Waals surface area contributed by atoms with Crippen molar-refractivity contribution in [2.75, 3.05) is 13.1 Å². The topological polar surface area (TPSA) is 24.4 Å². The summed E-state index contributed by atoms with van der Waals surface area (Å²) in [7, 11) is 0. The molecule has 0 aromatic rings. The van der Waals surface area contributed by atoms with Gasteiger partial charge in [0.2, 0.25) is 0 Å². The zero-order valence-electron chi connectivity index (χ0n) is 8.59. The average molecular weight is 188 g/mol. The summed E-state index contributed by atoms with van der Waals surface area (Å²) in [5, 5.41) is 3.30. The van der Waals surface area contributed by atoms with Crippen LogP contribution in [0, 0.1) is 12.3 Å². The van der Waals surface area contributed by atoms with E-state index in [1.165, 1.54) is 5.57 Å². The van der Waals surface area contributed by atoms with E-state index < -0.39 is 0 Å². The van der Waals surface area contributed by atoms with Crippen LogP contribution in [0.3, 0.4) is 0 Å². The Morgan fingerprint density at radius 2 is 2.64 bits per heavy atom. The molecule has 0 amide bonds. The van der Waals surface area contributed by atoms with Crippen molar-refractivity contribution >= 4 is 6.21 Å². The smallest absolute Gasteiger partial charge is 0.0750 e. The number of allylic oxidation sites excluding steroid dienone is 1. The van der Waals surface area contributed by atoms with Crippen molar-refractivity contribution in [1.29, 1.82) is 0 Å². The van der Waals surface area contributed by atoms with E-state index in [-0.39, 0.29) is 0 Å². The molecule has 0 fully saturated rings. The van der Waals surface area contributed by atoms with Crippen molar-refractivity contribution in [3.8, 4) is 12.3 Å². The minimum atomic E-state index is 0.870. The Bertz CT molecular complexity index is 303. The van der Waals surface area contributed by atoms with Gasteiger partial charge >= 0.3 is 0 Å². The normalized spacial score (nSPS) is 18.0. The molecule has 1 aliphatic rings. The number of nitrogens with one attached hydrogen (secondary N) is 1. The Labute approximate surface area is 85.8 Å². The highest BCUT2D eigenvalue weighted by molar-refractivity contribution is 5.60. The fourth-order valence-electron chi connectivity index (χ4n) is 1.32. The first-order valence-electron chi connectivity index (χ1n) is 4.97. The molecule has 0 saturated heterocycles. The molecule has 1 rings (SSSR count). The van der Waals surface area contributed by atoms with E-state index in [1.54, 1.807) is 6.08 Å². The molecule has 2 nitrogen and oxygen atoms in total. The van der Waals surface area contributed by atoms with Gasteiger partial charge in [0.25, 0.3) is 0 Å². The van der Waals surface area contributed by atoms with Crippen LogP contribution in [0.4, 0.5) is 0 Å². The number of rotatable bonds is 3. The summed E-state index contributed by atoms with van der Waals surface area (Å²) in [4.78, 5) is 4.34. The van der Waals surface area contributed by atoms with Crippen LogP contribution < -0.4 is 5.32 Å². The predicted molar refractivity (Wildman–Crippen MR) is 61.3 cm³/mol. The SMILES string of the molecule is C#C/C=C(\N=CCC)C1=CCCNC1. The van der Waals surface area contributed by atoms with Crippen LogP contribution in [0.1, 0.15) is 19.8 Å². The maximum absolute atomic E-state index is 5.26. The molecule has 14 heavy (non-hydrogen) atoms. The molecule has 0 spiro atoms. The molecule has 1 N–H and O–H groups in total. The van der Waals surface area contributed by atoms with Gasteiger partial charge in [-0.1, -0.05) is 18.9 Å². The molecular weight excluding hydrogens is 172 g/mol. The number of hydrogen-bond acceptors (Lipinski definition) is 2. The van der Waals surface area contributed by atoms with Crippen molar-refractivity contribution < 1.29 is 0 Å². The fraction of sp³-hybridized carbons (Fsp3) is 0.417. The van der Waals surface area contributed by atoms with E-state index in [4.69, 9.17) is 6.42 Å². The van der Waals surface area contributed by atoms with Crippen molar-refractivity contribution in [2.45, 2.75) is 19.8 Å². The summed E-state index contributed by atoms with van der Waals surface area (Å²) in [5.74, 6) is 2.53. The van der Waals surface area contributed by atoms with E-state index in [0.29, 0.717) is 0 Å². The maximum Gasteiger partial charge on any atom is 0.0750 e. The standard InChI is InChI=1S/C12H16N2/c1-3-6-12(14-8-4-2)11-7-5-9-13-10-11/h1,6-8,13H,4-5,9-10H2,2H3/b12-6-,14-8?. The second kappa shape index (κ2) is 6.17. The molecular formula is C12H16N2. The fourth-order valence-corrected chi connectivity index (χ4v) is 1.32. The second-order valence-electron chi connectivity index (χ2n) is 3.11. The Morgan fingerprint density at radius 3 is 3.21 bits per heavy atom. The van der Waals surface area contributed by atoms with Gasteiger partial charge in [-0.05, 0) is 25.0 Å². The number of hydrogen-bond donors (Lipinski definition) is 1. The molecule has 0 atom stereocenters. The molecule has 2 heteroatoms. The van der Waals surface area contributed by atoms with Gasteiger partial charge in [0.05, 0.1) is 5.70 Å². The highest BCUT2D eigenvalue weighted by Crippen LogP contribution is 2.13. The van der Waals surface area contributed by atoms with E-state index in [0.717, 1.165) is 31.6 Å². The van der Waals surface area contributed by atoms with Crippen LogP contribution in [0.25, 0.3) is 0 Å². The summed E-state index contributed by atoms with van der Waals surface area (Å²) < 4.78 is 0. The van der Waals surface area contributed by atoms with Crippen LogP contribution in [-0.4, -0.2) is 19.3 Å². The van der Waals surface area contributed by atoms with Gasteiger partial charge in [-0.3, -0.25) is 4.99 Å². The molecule has 1 heterocycles. The summed E-state index contributed by atoms with van der Waals surface area (Å²) in [6, 6.07) is 0. The van der Waals surface area contributed by atoms with Gasteiger partial charge in [0.1, 0.15) is 0 Å². The molecule has 0 bridgehead atoms. The maximum atomic E-state index is 5.26. The number of terminal acetylenes is 1. The molecule has 74 valence electrons. The average Bonchev–Trinajstić information content (AvgIpc) is 2.25. The molecule has 0 unspecified atom stereocenters. The Balaban J connectivity index is 2.78. The monoisotopic (exact) mass is 188 g/mol. The van der Waals surface area contributed by atoms with E-state index >= 15 is 0 Å². The third kappa shape index (κ3) is 3.20. The highest BCUT2D eigenvalue weighted by atomic mass is 14.9. The first kappa shape index (κ1) is 10.7. The molecule has 0 aromatic heterocycles. The summed E-state index contributed by atoms with van der Waals surface area (Å²) in [6.45, 7) is 3.98.